The summed E-state index contributed by atoms with van der Waals surface area (Å²) in [7, 11) is 0. The fourth-order valence-corrected chi connectivity index (χ4v) is 2.87. The van der Waals surface area contributed by atoms with Gasteiger partial charge in [0.2, 0.25) is 0 Å². The van der Waals surface area contributed by atoms with Crippen LogP contribution in [-0.4, -0.2) is 30.0 Å². The minimum absolute atomic E-state index is 0.235. The van der Waals surface area contributed by atoms with Gasteiger partial charge in [-0.3, -0.25) is 10.1 Å². The highest BCUT2D eigenvalue weighted by Crippen LogP contribution is 2.23. The van der Waals surface area contributed by atoms with Crippen LogP contribution in [0.5, 0.6) is 0 Å². The first-order chi connectivity index (χ1) is 14.7. The van der Waals surface area contributed by atoms with Crippen molar-refractivity contribution in [2.75, 3.05) is 23.7 Å². The van der Waals surface area contributed by atoms with Crippen LogP contribution >= 0.6 is 0 Å². The molecule has 1 aromatic heterocycles. The van der Waals surface area contributed by atoms with E-state index in [0.29, 0.717) is 30.2 Å². The molecule has 4 N–H and O–H groups in total. The molecule has 0 spiro atoms. The van der Waals surface area contributed by atoms with Crippen molar-refractivity contribution >= 4 is 29.1 Å². The van der Waals surface area contributed by atoms with E-state index in [1.807, 2.05) is 67.6 Å². The SMILES string of the molecule is CCNC(=O)Nc1cc(Nc2ccccc2)c(C(=O)NCCc2ccccc2)cn1. The molecule has 0 fully saturated rings. The van der Waals surface area contributed by atoms with Gasteiger partial charge < -0.3 is 16.0 Å². The standard InChI is InChI=1S/C23H25N5O2/c1-2-24-23(30)28-21-15-20(27-18-11-7-4-8-12-18)19(16-26-21)22(29)25-14-13-17-9-5-3-6-10-17/h3-12,15-16H,2,13-14H2,1H3,(H,25,29)(H3,24,26,27,28,30). The molecule has 3 rings (SSSR count). The molecule has 2 aromatic carbocycles. The first-order valence-electron chi connectivity index (χ1n) is 9.85. The van der Waals surface area contributed by atoms with Crippen molar-refractivity contribution in [1.29, 1.82) is 0 Å². The molecule has 3 amide bonds. The van der Waals surface area contributed by atoms with Gasteiger partial charge in [-0.1, -0.05) is 48.5 Å². The van der Waals surface area contributed by atoms with Crippen LogP contribution in [0.25, 0.3) is 0 Å². The average Bonchev–Trinajstić information content (AvgIpc) is 2.75. The third-order valence-electron chi connectivity index (χ3n) is 4.32. The molecular formula is C23H25N5O2. The van der Waals surface area contributed by atoms with Gasteiger partial charge in [-0.2, -0.15) is 0 Å². The Hall–Kier alpha value is -3.87. The Labute approximate surface area is 175 Å². The second-order valence-electron chi connectivity index (χ2n) is 6.58. The van der Waals surface area contributed by atoms with Crippen LogP contribution in [0, 0.1) is 0 Å². The maximum absolute atomic E-state index is 12.8. The second kappa shape index (κ2) is 10.6. The Morgan fingerprint density at radius 1 is 0.933 bits per heavy atom. The zero-order valence-electron chi connectivity index (χ0n) is 16.8. The lowest BCUT2D eigenvalue weighted by atomic mass is 10.1. The summed E-state index contributed by atoms with van der Waals surface area (Å²) < 4.78 is 0. The molecule has 7 heteroatoms. The van der Waals surface area contributed by atoms with E-state index in [2.05, 4.69) is 26.3 Å². The van der Waals surface area contributed by atoms with Crippen LogP contribution in [0.15, 0.2) is 72.9 Å². The molecule has 0 saturated heterocycles. The molecular weight excluding hydrogens is 378 g/mol. The lowest BCUT2D eigenvalue weighted by molar-refractivity contribution is 0.0954. The predicted molar refractivity (Wildman–Crippen MR) is 119 cm³/mol. The van der Waals surface area contributed by atoms with E-state index in [-0.39, 0.29) is 11.9 Å². The van der Waals surface area contributed by atoms with Crippen molar-refractivity contribution in [2.45, 2.75) is 13.3 Å². The quantitative estimate of drug-likeness (QED) is 0.458. The number of benzene rings is 2. The number of nitrogens with one attached hydrogen (secondary N) is 4. The fraction of sp³-hybridized carbons (Fsp3) is 0.174. The monoisotopic (exact) mass is 403 g/mol. The first-order valence-corrected chi connectivity index (χ1v) is 9.85. The summed E-state index contributed by atoms with van der Waals surface area (Å²) in [6.07, 6.45) is 2.20. The van der Waals surface area contributed by atoms with Crippen molar-refractivity contribution in [3.63, 3.8) is 0 Å². The number of nitrogens with zero attached hydrogens (tertiary/aromatic N) is 1. The van der Waals surface area contributed by atoms with Crippen LogP contribution in [0.4, 0.5) is 22.0 Å². The first kappa shape index (κ1) is 20.9. The minimum atomic E-state index is -0.351. The number of anilines is 3. The molecule has 30 heavy (non-hydrogen) atoms. The third-order valence-corrected chi connectivity index (χ3v) is 4.32. The number of carbonyl (C=O) groups is 2. The summed E-state index contributed by atoms with van der Waals surface area (Å²) in [4.78, 5) is 28.8. The van der Waals surface area contributed by atoms with Crippen LogP contribution in [0.1, 0.15) is 22.8 Å². The highest BCUT2D eigenvalue weighted by molar-refractivity contribution is 6.01. The zero-order valence-corrected chi connectivity index (χ0v) is 16.8. The summed E-state index contributed by atoms with van der Waals surface area (Å²) in [5.74, 6) is 0.113. The summed E-state index contributed by atoms with van der Waals surface area (Å²) in [6, 6.07) is 20.8. The van der Waals surface area contributed by atoms with Crippen molar-refractivity contribution < 1.29 is 9.59 Å². The highest BCUT2D eigenvalue weighted by Gasteiger charge is 2.14. The number of hydrogen-bond acceptors (Lipinski definition) is 4. The van der Waals surface area contributed by atoms with E-state index >= 15 is 0 Å². The Bertz CT molecular complexity index is 977. The van der Waals surface area contributed by atoms with E-state index < -0.39 is 0 Å². The Balaban J connectivity index is 1.75. The van der Waals surface area contributed by atoms with Crippen LogP contribution < -0.4 is 21.3 Å². The Kier molecular flexibility index (Phi) is 7.38. The molecule has 0 saturated carbocycles. The van der Waals surface area contributed by atoms with Gasteiger partial charge in [0.25, 0.3) is 5.91 Å². The number of para-hydroxylation sites is 1. The number of pyridine rings is 1. The molecule has 0 unspecified atom stereocenters. The van der Waals surface area contributed by atoms with Gasteiger partial charge in [0.1, 0.15) is 5.82 Å². The third kappa shape index (κ3) is 6.07. The van der Waals surface area contributed by atoms with Crippen molar-refractivity contribution in [3.8, 4) is 0 Å². The Morgan fingerprint density at radius 3 is 2.33 bits per heavy atom. The van der Waals surface area contributed by atoms with Gasteiger partial charge in [0.05, 0.1) is 11.3 Å². The molecule has 0 radical (unpaired) electrons. The highest BCUT2D eigenvalue weighted by atomic mass is 16.2. The number of hydrogen-bond donors (Lipinski definition) is 4. The maximum Gasteiger partial charge on any atom is 0.320 e. The van der Waals surface area contributed by atoms with Crippen LogP contribution in [0.2, 0.25) is 0 Å². The van der Waals surface area contributed by atoms with Crippen molar-refractivity contribution in [1.82, 2.24) is 15.6 Å². The van der Waals surface area contributed by atoms with E-state index in [0.717, 1.165) is 17.7 Å². The van der Waals surface area contributed by atoms with Crippen molar-refractivity contribution in [2.24, 2.45) is 0 Å². The minimum Gasteiger partial charge on any atom is -0.355 e. The van der Waals surface area contributed by atoms with Gasteiger partial charge in [0, 0.05) is 31.0 Å². The van der Waals surface area contributed by atoms with Gasteiger partial charge in [-0.15, -0.1) is 0 Å². The van der Waals surface area contributed by atoms with Gasteiger partial charge in [0.15, 0.2) is 0 Å². The lowest BCUT2D eigenvalue weighted by Gasteiger charge is -2.14. The van der Waals surface area contributed by atoms with E-state index in [1.54, 1.807) is 6.07 Å². The number of carbonyl (C=O) groups excluding carboxylic acids is 2. The number of aromatic nitrogens is 1. The zero-order chi connectivity index (χ0) is 21.2. The second-order valence-corrected chi connectivity index (χ2v) is 6.58. The molecule has 0 aliphatic carbocycles. The summed E-state index contributed by atoms with van der Waals surface area (Å²) >= 11 is 0. The molecule has 0 atom stereocenters. The number of urea groups is 1. The molecule has 0 aliphatic heterocycles. The van der Waals surface area contributed by atoms with E-state index in [1.165, 1.54) is 6.20 Å². The van der Waals surface area contributed by atoms with Gasteiger partial charge in [-0.05, 0) is 31.0 Å². The van der Waals surface area contributed by atoms with Gasteiger partial charge in [-0.25, -0.2) is 9.78 Å². The maximum atomic E-state index is 12.8. The molecule has 0 aliphatic rings. The van der Waals surface area contributed by atoms with Crippen molar-refractivity contribution in [3.05, 3.63) is 84.1 Å². The smallest absolute Gasteiger partial charge is 0.320 e. The van der Waals surface area contributed by atoms with Crippen LogP contribution in [-0.2, 0) is 6.42 Å². The fourth-order valence-electron chi connectivity index (χ4n) is 2.87. The van der Waals surface area contributed by atoms with Gasteiger partial charge >= 0.3 is 6.03 Å². The molecule has 3 aromatic rings. The topological polar surface area (TPSA) is 95.2 Å². The van der Waals surface area contributed by atoms with E-state index in [9.17, 15) is 9.59 Å². The molecule has 7 nitrogen and oxygen atoms in total. The lowest BCUT2D eigenvalue weighted by Crippen LogP contribution is -2.29. The average molecular weight is 403 g/mol. The largest absolute Gasteiger partial charge is 0.355 e. The summed E-state index contributed by atoms with van der Waals surface area (Å²) in [5.41, 5.74) is 2.93. The Morgan fingerprint density at radius 2 is 1.63 bits per heavy atom. The molecule has 1 heterocycles. The molecule has 154 valence electrons. The molecule has 0 bridgehead atoms. The summed E-state index contributed by atoms with van der Waals surface area (Å²) in [6.45, 7) is 2.84. The number of rotatable bonds is 8. The van der Waals surface area contributed by atoms with Crippen LogP contribution in [0.3, 0.4) is 0 Å². The van der Waals surface area contributed by atoms with E-state index in [4.69, 9.17) is 0 Å². The summed E-state index contributed by atoms with van der Waals surface area (Å²) in [5, 5.41) is 11.5. The predicted octanol–water partition coefficient (Wildman–Crippen LogP) is 3.94. The normalized spacial score (nSPS) is 10.2. The number of amides is 3.